The van der Waals surface area contributed by atoms with Crippen molar-refractivity contribution in [3.63, 3.8) is 0 Å². The van der Waals surface area contributed by atoms with Crippen molar-refractivity contribution in [1.82, 2.24) is 25.8 Å². The Morgan fingerprint density at radius 1 is 0.978 bits per heavy atom. The fraction of sp³-hybridized carbons (Fsp3) is 0.656. The van der Waals surface area contributed by atoms with E-state index in [1.54, 1.807) is 6.92 Å². The van der Waals surface area contributed by atoms with Gasteiger partial charge in [0, 0.05) is 26.7 Å². The highest BCUT2D eigenvalue weighted by molar-refractivity contribution is 5.95. The second-order valence-corrected chi connectivity index (χ2v) is 12.6. The Labute approximate surface area is 264 Å². The number of fused-ring (bicyclic) bond motifs is 2. The third kappa shape index (κ3) is 9.01. The summed E-state index contributed by atoms with van der Waals surface area (Å²) in [4.78, 5) is 70.3. The number of likely N-dealkylation sites (N-methyl/N-ethyl adjacent to an activating group) is 1. The van der Waals surface area contributed by atoms with Gasteiger partial charge in [0.1, 0.15) is 36.4 Å². The lowest BCUT2D eigenvalue weighted by Crippen LogP contribution is -2.60. The molecule has 1 aromatic rings. The Bertz CT molecular complexity index is 1210. The molecule has 0 spiro atoms. The fourth-order valence-corrected chi connectivity index (χ4v) is 5.97. The Balaban J connectivity index is 1.67. The normalized spacial score (nSPS) is 30.8. The predicted octanol–water partition coefficient (Wildman–Crippen LogP) is -0.252. The lowest BCUT2D eigenvalue weighted by molar-refractivity contribution is -0.152. The number of ether oxygens (including phenoxy) is 2. The summed E-state index contributed by atoms with van der Waals surface area (Å²) < 4.78 is 11.5. The molecule has 0 radical (unpaired) electrons. The van der Waals surface area contributed by atoms with Crippen LogP contribution in [0.15, 0.2) is 30.3 Å². The molecule has 3 aliphatic rings. The zero-order valence-corrected chi connectivity index (χ0v) is 26.6. The van der Waals surface area contributed by atoms with Crippen LogP contribution >= 0.6 is 0 Å². The van der Waals surface area contributed by atoms with Crippen molar-refractivity contribution >= 4 is 29.5 Å². The molecular formula is C32H47N5O8. The Morgan fingerprint density at radius 3 is 2.38 bits per heavy atom. The molecule has 5 amide bonds. The topological polar surface area (TPSA) is 167 Å². The van der Waals surface area contributed by atoms with E-state index in [-0.39, 0.29) is 32.0 Å². The van der Waals surface area contributed by atoms with Crippen molar-refractivity contribution in [2.75, 3.05) is 33.4 Å². The van der Waals surface area contributed by atoms with Crippen molar-refractivity contribution < 1.29 is 38.6 Å². The number of carbonyl (C=O) groups is 5. The van der Waals surface area contributed by atoms with Crippen LogP contribution in [0.2, 0.25) is 0 Å². The number of aliphatic hydroxyl groups excluding tert-OH is 1. The van der Waals surface area contributed by atoms with Crippen LogP contribution in [0.3, 0.4) is 0 Å². The number of benzene rings is 1. The van der Waals surface area contributed by atoms with Gasteiger partial charge in [-0.2, -0.15) is 0 Å². The van der Waals surface area contributed by atoms with Gasteiger partial charge in [-0.05, 0) is 44.1 Å². The van der Waals surface area contributed by atoms with Gasteiger partial charge >= 0.3 is 0 Å². The smallest absolute Gasteiger partial charge is 0.252 e. The van der Waals surface area contributed by atoms with Crippen molar-refractivity contribution in [3.05, 3.63) is 35.9 Å². The summed E-state index contributed by atoms with van der Waals surface area (Å²) in [5.74, 6) is -2.45. The van der Waals surface area contributed by atoms with Crippen LogP contribution in [0.5, 0.6) is 0 Å². The standard InChI is InChI=1S/C32H47N5O8/c1-19(2)15-24-31(42)36(4)20(3)29(40)35-23(16-21-9-6-5-7-10-21)30(41)34-22-12-14-45-26(28(22)39)17-37(18-27(38)33-24)32(43)25-11-8-13-44-25/h5-7,9-10,19-20,22-26,28,39H,8,11-18H2,1-4H3,(H,33,38)(H,34,41)(H,35,40)/t20-,22-,23-,24+,25-,26+,28-/m0/s1. The van der Waals surface area contributed by atoms with Crippen LogP contribution in [0, 0.1) is 5.92 Å². The van der Waals surface area contributed by atoms with E-state index in [4.69, 9.17) is 9.47 Å². The van der Waals surface area contributed by atoms with Crippen LogP contribution in [0.25, 0.3) is 0 Å². The first-order chi connectivity index (χ1) is 21.4. The van der Waals surface area contributed by atoms with E-state index in [1.807, 2.05) is 44.2 Å². The molecule has 3 heterocycles. The van der Waals surface area contributed by atoms with Gasteiger partial charge < -0.3 is 40.3 Å². The third-order valence-electron chi connectivity index (χ3n) is 8.70. The molecule has 13 nitrogen and oxygen atoms in total. The molecule has 3 saturated heterocycles. The number of amides is 5. The number of aliphatic hydroxyl groups is 1. The van der Waals surface area contributed by atoms with Crippen LogP contribution < -0.4 is 16.0 Å². The molecule has 13 heteroatoms. The summed E-state index contributed by atoms with van der Waals surface area (Å²) in [5, 5.41) is 19.8. The predicted molar refractivity (Wildman–Crippen MR) is 164 cm³/mol. The monoisotopic (exact) mass is 629 g/mol. The van der Waals surface area contributed by atoms with E-state index in [1.165, 1.54) is 16.8 Å². The molecule has 45 heavy (non-hydrogen) atoms. The fourth-order valence-electron chi connectivity index (χ4n) is 5.97. The van der Waals surface area contributed by atoms with Gasteiger partial charge in [-0.25, -0.2) is 0 Å². The largest absolute Gasteiger partial charge is 0.388 e. The minimum atomic E-state index is -1.20. The first kappa shape index (κ1) is 34.3. The number of hydrogen-bond donors (Lipinski definition) is 4. The highest BCUT2D eigenvalue weighted by Gasteiger charge is 2.40. The first-order valence-electron chi connectivity index (χ1n) is 15.8. The molecule has 0 unspecified atom stereocenters. The minimum Gasteiger partial charge on any atom is -0.388 e. The number of carbonyl (C=O) groups excluding carboxylic acids is 5. The molecule has 4 rings (SSSR count). The van der Waals surface area contributed by atoms with Crippen LogP contribution in [0.4, 0.5) is 0 Å². The number of hydrogen-bond acceptors (Lipinski definition) is 8. The Morgan fingerprint density at radius 2 is 1.71 bits per heavy atom. The SMILES string of the molecule is CC(C)C[C@H]1NC(=O)CN(C(=O)[C@@H]2CCCO2)C[C@H]2OCC[C@H](NC(=O)[C@H](Cc3ccccc3)NC(=O)[C@H](C)N(C)C1=O)[C@@H]2O. The first-order valence-corrected chi connectivity index (χ1v) is 15.8. The molecule has 4 N–H and O–H groups in total. The number of nitrogens with one attached hydrogen (secondary N) is 3. The van der Waals surface area contributed by atoms with E-state index in [0.717, 1.165) is 5.56 Å². The van der Waals surface area contributed by atoms with Gasteiger partial charge in [0.15, 0.2) is 0 Å². The average Bonchev–Trinajstić information content (AvgIpc) is 3.55. The van der Waals surface area contributed by atoms with Crippen LogP contribution in [-0.4, -0.2) is 120 Å². The van der Waals surface area contributed by atoms with Crippen molar-refractivity contribution in [3.8, 4) is 0 Å². The maximum Gasteiger partial charge on any atom is 0.252 e. The van der Waals surface area contributed by atoms with Gasteiger partial charge in [0.05, 0.1) is 19.1 Å². The highest BCUT2D eigenvalue weighted by Crippen LogP contribution is 2.20. The van der Waals surface area contributed by atoms with Gasteiger partial charge in [0.2, 0.25) is 23.6 Å². The van der Waals surface area contributed by atoms with Crippen molar-refractivity contribution in [2.45, 2.75) is 95.4 Å². The zero-order valence-electron chi connectivity index (χ0n) is 26.6. The molecule has 0 saturated carbocycles. The average molecular weight is 630 g/mol. The molecule has 3 fully saturated rings. The maximum absolute atomic E-state index is 13.7. The van der Waals surface area contributed by atoms with E-state index in [9.17, 15) is 29.1 Å². The molecule has 1 aromatic carbocycles. The molecule has 0 aromatic heterocycles. The summed E-state index contributed by atoms with van der Waals surface area (Å²) in [6, 6.07) is 5.55. The summed E-state index contributed by atoms with van der Waals surface area (Å²) in [5.41, 5.74) is 0.814. The Hall–Kier alpha value is -3.55. The quantitative estimate of drug-likeness (QED) is 0.346. The number of rotatable bonds is 5. The number of nitrogens with zero attached hydrogens (tertiary/aromatic N) is 2. The Kier molecular flexibility index (Phi) is 11.9. The van der Waals surface area contributed by atoms with Crippen LogP contribution in [0.1, 0.15) is 52.0 Å². The summed E-state index contributed by atoms with van der Waals surface area (Å²) >= 11 is 0. The summed E-state index contributed by atoms with van der Waals surface area (Å²) in [7, 11) is 1.48. The summed E-state index contributed by atoms with van der Waals surface area (Å²) in [6.45, 7) is 5.50. The lowest BCUT2D eigenvalue weighted by atomic mass is 9.97. The van der Waals surface area contributed by atoms with Gasteiger partial charge in [-0.3, -0.25) is 24.0 Å². The maximum atomic E-state index is 13.7. The van der Waals surface area contributed by atoms with E-state index in [2.05, 4.69) is 16.0 Å². The minimum absolute atomic E-state index is 0.0252. The van der Waals surface area contributed by atoms with E-state index in [0.29, 0.717) is 32.3 Å². The second-order valence-electron chi connectivity index (χ2n) is 12.6. The molecule has 248 valence electrons. The van der Waals surface area contributed by atoms with Gasteiger partial charge in [-0.15, -0.1) is 0 Å². The van der Waals surface area contributed by atoms with Crippen molar-refractivity contribution in [2.24, 2.45) is 5.92 Å². The zero-order chi connectivity index (χ0) is 32.7. The molecule has 0 aliphatic carbocycles. The van der Waals surface area contributed by atoms with Crippen LogP contribution in [-0.2, 0) is 39.9 Å². The van der Waals surface area contributed by atoms with E-state index >= 15 is 0 Å². The van der Waals surface area contributed by atoms with Gasteiger partial charge in [-0.1, -0.05) is 44.2 Å². The van der Waals surface area contributed by atoms with Gasteiger partial charge in [0.25, 0.3) is 5.91 Å². The van der Waals surface area contributed by atoms with Crippen molar-refractivity contribution in [1.29, 1.82) is 0 Å². The molecular weight excluding hydrogens is 582 g/mol. The molecule has 7 atom stereocenters. The summed E-state index contributed by atoms with van der Waals surface area (Å²) in [6.07, 6.45) is -0.826. The second kappa shape index (κ2) is 15.6. The van der Waals surface area contributed by atoms with E-state index < -0.39 is 72.0 Å². The highest BCUT2D eigenvalue weighted by atomic mass is 16.5. The lowest BCUT2D eigenvalue weighted by Gasteiger charge is -2.38. The third-order valence-corrected chi connectivity index (χ3v) is 8.70. The molecule has 2 bridgehead atoms. The molecule has 3 aliphatic heterocycles.